The number of H-pyrrole nitrogens is 1. The Morgan fingerprint density at radius 2 is 2.10 bits per heavy atom. The van der Waals surface area contributed by atoms with Crippen molar-refractivity contribution in [3.63, 3.8) is 0 Å². The molecule has 0 bridgehead atoms. The van der Waals surface area contributed by atoms with E-state index in [-0.39, 0.29) is 22.3 Å². The Labute approximate surface area is 123 Å². The highest BCUT2D eigenvalue weighted by molar-refractivity contribution is 7.99. The second kappa shape index (κ2) is 4.99. The number of nitrogens with zero attached hydrogens (tertiary/aromatic N) is 4. The van der Waals surface area contributed by atoms with E-state index in [2.05, 4.69) is 20.4 Å². The van der Waals surface area contributed by atoms with Gasteiger partial charge in [0.1, 0.15) is 5.03 Å². The summed E-state index contributed by atoms with van der Waals surface area (Å²) < 4.78 is 1.55. The molecule has 0 aromatic carbocycles. The summed E-state index contributed by atoms with van der Waals surface area (Å²) in [5.41, 5.74) is 0.952. The summed E-state index contributed by atoms with van der Waals surface area (Å²) in [6.45, 7) is 3.40. The Morgan fingerprint density at radius 3 is 2.71 bits per heavy atom. The SMILES string of the molecule is Cc1nnc(Sc2n[nH]c(=O)n2C2CC2)c(C(=O)O)c1C. The standard InChI is InChI=1S/C12H13N5O3S/c1-5-6(2)13-14-9(8(5)10(18)19)21-12-16-15-11(20)17(12)7-3-4-7/h7H,3-4H2,1-2H3,(H,15,20)(H,18,19). The lowest BCUT2D eigenvalue weighted by Gasteiger charge is -2.08. The molecule has 0 atom stereocenters. The average molecular weight is 307 g/mol. The minimum absolute atomic E-state index is 0.102. The molecule has 0 aliphatic heterocycles. The maximum atomic E-state index is 11.7. The van der Waals surface area contributed by atoms with Crippen LogP contribution in [0, 0.1) is 13.8 Å². The third-order valence-electron chi connectivity index (χ3n) is 3.41. The van der Waals surface area contributed by atoms with Crippen LogP contribution in [0.15, 0.2) is 15.0 Å². The Bertz CT molecular complexity index is 778. The van der Waals surface area contributed by atoms with Gasteiger partial charge >= 0.3 is 11.7 Å². The summed E-state index contributed by atoms with van der Waals surface area (Å²) in [6, 6.07) is 0.145. The maximum Gasteiger partial charge on any atom is 0.344 e. The van der Waals surface area contributed by atoms with E-state index in [0.29, 0.717) is 16.4 Å². The molecule has 2 aromatic rings. The molecule has 1 aliphatic carbocycles. The highest BCUT2D eigenvalue weighted by Gasteiger charge is 2.30. The normalized spacial score (nSPS) is 14.4. The van der Waals surface area contributed by atoms with Crippen molar-refractivity contribution >= 4 is 17.7 Å². The van der Waals surface area contributed by atoms with Gasteiger partial charge in [0.2, 0.25) is 0 Å². The van der Waals surface area contributed by atoms with Crippen molar-refractivity contribution in [1.82, 2.24) is 25.0 Å². The van der Waals surface area contributed by atoms with E-state index >= 15 is 0 Å². The lowest BCUT2D eigenvalue weighted by molar-refractivity contribution is 0.0690. The van der Waals surface area contributed by atoms with E-state index in [0.717, 1.165) is 24.6 Å². The fourth-order valence-electron chi connectivity index (χ4n) is 2.01. The van der Waals surface area contributed by atoms with Crippen molar-refractivity contribution in [3.8, 4) is 0 Å². The summed E-state index contributed by atoms with van der Waals surface area (Å²) in [5, 5.41) is 24.3. The first kappa shape index (κ1) is 13.8. The molecule has 21 heavy (non-hydrogen) atoms. The van der Waals surface area contributed by atoms with Crippen LogP contribution < -0.4 is 5.69 Å². The highest BCUT2D eigenvalue weighted by atomic mass is 32.2. The second-order valence-corrected chi connectivity index (χ2v) is 5.87. The molecule has 1 fully saturated rings. The van der Waals surface area contributed by atoms with Gasteiger partial charge in [0.05, 0.1) is 11.3 Å². The number of aryl methyl sites for hydroxylation is 1. The van der Waals surface area contributed by atoms with Crippen LogP contribution in [0.3, 0.4) is 0 Å². The molecule has 0 saturated heterocycles. The van der Waals surface area contributed by atoms with E-state index in [4.69, 9.17) is 0 Å². The molecule has 1 aliphatic rings. The van der Waals surface area contributed by atoms with Crippen molar-refractivity contribution in [1.29, 1.82) is 0 Å². The fraction of sp³-hybridized carbons (Fsp3) is 0.417. The van der Waals surface area contributed by atoms with Gasteiger partial charge in [-0.1, -0.05) is 0 Å². The molecular formula is C12H13N5O3S. The van der Waals surface area contributed by atoms with Crippen molar-refractivity contribution in [2.75, 3.05) is 0 Å². The zero-order chi connectivity index (χ0) is 15.1. The van der Waals surface area contributed by atoms with E-state index in [1.807, 2.05) is 0 Å². The summed E-state index contributed by atoms with van der Waals surface area (Å²) in [6.07, 6.45) is 1.86. The molecule has 110 valence electrons. The molecule has 1 saturated carbocycles. The zero-order valence-corrected chi connectivity index (χ0v) is 12.3. The van der Waals surface area contributed by atoms with Gasteiger partial charge in [-0.05, 0) is 44.0 Å². The van der Waals surface area contributed by atoms with Gasteiger partial charge in [0.25, 0.3) is 0 Å². The lowest BCUT2D eigenvalue weighted by Crippen LogP contribution is -2.16. The van der Waals surface area contributed by atoms with Gasteiger partial charge in [-0.2, -0.15) is 5.10 Å². The summed E-state index contributed by atoms with van der Waals surface area (Å²) >= 11 is 1.05. The Morgan fingerprint density at radius 1 is 1.38 bits per heavy atom. The van der Waals surface area contributed by atoms with Crippen LogP contribution in [0.4, 0.5) is 0 Å². The molecule has 2 aromatic heterocycles. The number of hydrogen-bond donors (Lipinski definition) is 2. The molecule has 0 radical (unpaired) electrons. The summed E-state index contributed by atoms with van der Waals surface area (Å²) in [7, 11) is 0. The topological polar surface area (TPSA) is 114 Å². The smallest absolute Gasteiger partial charge is 0.344 e. The number of nitrogens with one attached hydrogen (secondary N) is 1. The minimum Gasteiger partial charge on any atom is -0.478 e. The largest absolute Gasteiger partial charge is 0.478 e. The number of rotatable bonds is 4. The molecule has 2 heterocycles. The number of aromatic carboxylic acids is 1. The fourth-order valence-corrected chi connectivity index (χ4v) is 3.03. The average Bonchev–Trinajstić information content (AvgIpc) is 3.19. The molecule has 0 spiro atoms. The molecule has 0 unspecified atom stereocenters. The molecular weight excluding hydrogens is 294 g/mol. The van der Waals surface area contributed by atoms with Crippen LogP contribution in [-0.2, 0) is 0 Å². The second-order valence-electron chi connectivity index (χ2n) is 4.91. The Kier molecular flexibility index (Phi) is 3.28. The van der Waals surface area contributed by atoms with E-state index < -0.39 is 5.97 Å². The number of carboxylic acid groups (broad SMARTS) is 1. The van der Waals surface area contributed by atoms with Crippen LogP contribution in [-0.4, -0.2) is 36.0 Å². The van der Waals surface area contributed by atoms with Crippen molar-refractivity contribution in [2.45, 2.75) is 42.9 Å². The van der Waals surface area contributed by atoms with E-state index in [1.54, 1.807) is 18.4 Å². The van der Waals surface area contributed by atoms with Crippen LogP contribution in [0.25, 0.3) is 0 Å². The molecule has 0 amide bonds. The predicted molar refractivity (Wildman–Crippen MR) is 73.7 cm³/mol. The first-order valence-corrected chi connectivity index (χ1v) is 7.22. The summed E-state index contributed by atoms with van der Waals surface area (Å²) in [4.78, 5) is 23.2. The third-order valence-corrected chi connectivity index (χ3v) is 4.36. The molecule has 2 N–H and O–H groups in total. The number of carboxylic acids is 1. The monoisotopic (exact) mass is 307 g/mol. The highest BCUT2D eigenvalue weighted by Crippen LogP contribution is 2.38. The van der Waals surface area contributed by atoms with Crippen LogP contribution >= 0.6 is 11.8 Å². The van der Waals surface area contributed by atoms with Crippen LogP contribution in [0.5, 0.6) is 0 Å². The maximum absolute atomic E-state index is 11.7. The van der Waals surface area contributed by atoms with Gasteiger partial charge in [0.15, 0.2) is 5.16 Å². The van der Waals surface area contributed by atoms with E-state index in [1.165, 1.54) is 0 Å². The number of hydrogen-bond acceptors (Lipinski definition) is 6. The van der Waals surface area contributed by atoms with Crippen molar-refractivity contribution in [2.24, 2.45) is 0 Å². The number of aromatic nitrogens is 5. The first-order chi connectivity index (χ1) is 9.99. The lowest BCUT2D eigenvalue weighted by atomic mass is 10.1. The quantitative estimate of drug-likeness (QED) is 0.871. The molecule has 3 rings (SSSR count). The molecule has 8 nitrogen and oxygen atoms in total. The number of carbonyl (C=O) groups is 1. The summed E-state index contributed by atoms with van der Waals surface area (Å²) in [5.74, 6) is -1.07. The zero-order valence-electron chi connectivity index (χ0n) is 11.5. The molecule has 9 heteroatoms. The van der Waals surface area contributed by atoms with Gasteiger partial charge in [-0.15, -0.1) is 10.2 Å². The van der Waals surface area contributed by atoms with Gasteiger partial charge in [0, 0.05) is 6.04 Å². The first-order valence-electron chi connectivity index (χ1n) is 6.41. The van der Waals surface area contributed by atoms with E-state index in [9.17, 15) is 14.7 Å². The van der Waals surface area contributed by atoms with Crippen LogP contribution in [0.1, 0.15) is 40.5 Å². The van der Waals surface area contributed by atoms with Gasteiger partial charge < -0.3 is 5.11 Å². The Balaban J connectivity index is 2.05. The van der Waals surface area contributed by atoms with Gasteiger partial charge in [-0.3, -0.25) is 4.57 Å². The minimum atomic E-state index is -1.07. The van der Waals surface area contributed by atoms with Crippen molar-refractivity contribution in [3.05, 3.63) is 27.3 Å². The van der Waals surface area contributed by atoms with Gasteiger partial charge in [-0.25, -0.2) is 14.7 Å². The number of aromatic amines is 1. The Hall–Kier alpha value is -2.16. The van der Waals surface area contributed by atoms with Crippen LogP contribution in [0.2, 0.25) is 0 Å². The predicted octanol–water partition coefficient (Wildman–Crippen LogP) is 1.16. The third kappa shape index (κ3) is 2.44. The van der Waals surface area contributed by atoms with Crippen molar-refractivity contribution < 1.29 is 9.90 Å².